The van der Waals surface area contributed by atoms with Crippen LogP contribution in [0, 0.1) is 11.3 Å². The highest BCUT2D eigenvalue weighted by Crippen LogP contribution is 2.06. The first kappa shape index (κ1) is 14.4. The second kappa shape index (κ2) is 6.08. The zero-order valence-corrected chi connectivity index (χ0v) is 10.6. The van der Waals surface area contributed by atoms with Gasteiger partial charge in [-0.25, -0.2) is 0 Å². The van der Waals surface area contributed by atoms with E-state index in [0.29, 0.717) is 6.61 Å². The minimum atomic E-state index is -0.0764. The molecule has 90 valence electrons. The van der Waals surface area contributed by atoms with Gasteiger partial charge in [0.25, 0.3) is 0 Å². The van der Waals surface area contributed by atoms with Crippen molar-refractivity contribution in [3.05, 3.63) is 0 Å². The van der Waals surface area contributed by atoms with Crippen LogP contribution in [0.15, 0.2) is 0 Å². The van der Waals surface area contributed by atoms with Crippen molar-refractivity contribution >= 4 is 5.84 Å². The summed E-state index contributed by atoms with van der Waals surface area (Å²) in [6, 6.07) is 0. The second-order valence-corrected chi connectivity index (χ2v) is 5.08. The third-order valence-electron chi connectivity index (χ3n) is 2.12. The molecule has 0 fully saturated rings. The standard InChI is InChI=1S/C11H25N3O/c1-9(10(12)13)8-14(5)6-7-15-11(2,3)4/h9H,6-8H2,1-5H3,(H3,12,13). The highest BCUT2D eigenvalue weighted by atomic mass is 16.5. The van der Waals surface area contributed by atoms with Gasteiger partial charge in [0.15, 0.2) is 0 Å². The highest BCUT2D eigenvalue weighted by molar-refractivity contribution is 5.79. The maximum atomic E-state index is 7.29. The van der Waals surface area contributed by atoms with Gasteiger partial charge in [-0.2, -0.15) is 0 Å². The maximum absolute atomic E-state index is 7.29. The smallest absolute Gasteiger partial charge is 0.0947 e. The van der Waals surface area contributed by atoms with Crippen molar-refractivity contribution in [2.75, 3.05) is 26.7 Å². The van der Waals surface area contributed by atoms with Gasteiger partial charge in [0.2, 0.25) is 0 Å². The summed E-state index contributed by atoms with van der Waals surface area (Å²) in [4.78, 5) is 2.14. The number of ether oxygens (including phenoxy) is 1. The fraction of sp³-hybridized carbons (Fsp3) is 0.909. The molecule has 0 rings (SSSR count). The molecule has 0 heterocycles. The normalized spacial score (nSPS) is 14.3. The lowest BCUT2D eigenvalue weighted by Crippen LogP contribution is -2.35. The van der Waals surface area contributed by atoms with E-state index in [4.69, 9.17) is 15.9 Å². The van der Waals surface area contributed by atoms with E-state index in [2.05, 4.69) is 4.90 Å². The first-order valence-corrected chi connectivity index (χ1v) is 5.39. The first-order valence-electron chi connectivity index (χ1n) is 5.39. The van der Waals surface area contributed by atoms with Crippen molar-refractivity contribution < 1.29 is 4.74 Å². The minimum Gasteiger partial charge on any atom is -0.387 e. The molecule has 3 N–H and O–H groups in total. The van der Waals surface area contributed by atoms with Gasteiger partial charge in [0.05, 0.1) is 18.0 Å². The Morgan fingerprint density at radius 3 is 2.40 bits per heavy atom. The molecule has 0 bridgehead atoms. The molecule has 1 unspecified atom stereocenters. The predicted octanol–water partition coefficient (Wildman–Crippen LogP) is 1.31. The Bertz CT molecular complexity index is 198. The Morgan fingerprint density at radius 2 is 2.00 bits per heavy atom. The number of amidine groups is 1. The molecule has 0 aliphatic heterocycles. The minimum absolute atomic E-state index is 0.0764. The quantitative estimate of drug-likeness (QED) is 0.518. The molecule has 0 spiro atoms. The van der Waals surface area contributed by atoms with Gasteiger partial charge in [-0.05, 0) is 27.8 Å². The van der Waals surface area contributed by atoms with E-state index in [0.717, 1.165) is 13.1 Å². The van der Waals surface area contributed by atoms with E-state index in [-0.39, 0.29) is 17.4 Å². The number of hydrogen-bond acceptors (Lipinski definition) is 3. The molecule has 0 aliphatic carbocycles. The summed E-state index contributed by atoms with van der Waals surface area (Å²) in [7, 11) is 2.02. The van der Waals surface area contributed by atoms with Gasteiger partial charge in [-0.15, -0.1) is 0 Å². The van der Waals surface area contributed by atoms with Gasteiger partial charge in [-0.1, -0.05) is 6.92 Å². The fourth-order valence-electron chi connectivity index (χ4n) is 1.16. The summed E-state index contributed by atoms with van der Waals surface area (Å²) in [6.07, 6.45) is 0. The van der Waals surface area contributed by atoms with Crippen LogP contribution in [-0.2, 0) is 4.74 Å². The number of nitrogens with zero attached hydrogens (tertiary/aromatic N) is 1. The molecule has 0 aromatic heterocycles. The van der Waals surface area contributed by atoms with Crippen LogP contribution in [0.25, 0.3) is 0 Å². The summed E-state index contributed by atoms with van der Waals surface area (Å²) in [5.41, 5.74) is 5.33. The van der Waals surface area contributed by atoms with Gasteiger partial charge >= 0.3 is 0 Å². The molecule has 4 nitrogen and oxygen atoms in total. The van der Waals surface area contributed by atoms with Gasteiger partial charge < -0.3 is 15.4 Å². The van der Waals surface area contributed by atoms with Crippen molar-refractivity contribution in [1.29, 1.82) is 5.41 Å². The Kier molecular flexibility index (Phi) is 5.83. The Labute approximate surface area is 93.3 Å². The molecule has 1 atom stereocenters. The molecule has 0 aliphatic rings. The van der Waals surface area contributed by atoms with E-state index in [9.17, 15) is 0 Å². The van der Waals surface area contributed by atoms with Gasteiger partial charge in [0.1, 0.15) is 0 Å². The summed E-state index contributed by atoms with van der Waals surface area (Å²) in [5, 5.41) is 7.29. The molecule has 4 heteroatoms. The average molecular weight is 215 g/mol. The van der Waals surface area contributed by atoms with Crippen LogP contribution in [0.1, 0.15) is 27.7 Å². The Hall–Kier alpha value is -0.610. The van der Waals surface area contributed by atoms with Crippen LogP contribution >= 0.6 is 0 Å². The van der Waals surface area contributed by atoms with Gasteiger partial charge in [0, 0.05) is 19.0 Å². The third kappa shape index (κ3) is 8.39. The van der Waals surface area contributed by atoms with E-state index < -0.39 is 0 Å². The third-order valence-corrected chi connectivity index (χ3v) is 2.12. The van der Waals surface area contributed by atoms with Crippen molar-refractivity contribution in [3.63, 3.8) is 0 Å². The van der Waals surface area contributed by atoms with E-state index in [1.807, 2.05) is 34.7 Å². The number of likely N-dealkylation sites (N-methyl/N-ethyl adjacent to an activating group) is 1. The predicted molar refractivity (Wildman–Crippen MR) is 64.3 cm³/mol. The number of hydrogen-bond donors (Lipinski definition) is 2. The summed E-state index contributed by atoms with van der Waals surface area (Å²) >= 11 is 0. The molecular weight excluding hydrogens is 190 g/mol. The molecule has 0 aromatic rings. The monoisotopic (exact) mass is 215 g/mol. The lowest BCUT2D eigenvalue weighted by atomic mass is 10.1. The number of nitrogens with one attached hydrogen (secondary N) is 1. The summed E-state index contributed by atoms with van der Waals surface area (Å²) < 4.78 is 5.62. The number of rotatable bonds is 6. The topological polar surface area (TPSA) is 62.3 Å². The van der Waals surface area contributed by atoms with Crippen molar-refractivity contribution in [1.82, 2.24) is 4.90 Å². The Balaban J connectivity index is 3.67. The van der Waals surface area contributed by atoms with Crippen LogP contribution in [-0.4, -0.2) is 43.1 Å². The summed E-state index contributed by atoms with van der Waals surface area (Å²) in [5.74, 6) is 0.364. The van der Waals surface area contributed by atoms with E-state index >= 15 is 0 Å². The van der Waals surface area contributed by atoms with Crippen molar-refractivity contribution in [3.8, 4) is 0 Å². The summed E-state index contributed by atoms with van der Waals surface area (Å²) in [6.45, 7) is 10.5. The number of nitrogens with two attached hydrogens (primary N) is 1. The fourth-order valence-corrected chi connectivity index (χ4v) is 1.16. The molecule has 0 amide bonds. The first-order chi connectivity index (χ1) is 6.72. The Morgan fingerprint density at radius 1 is 1.47 bits per heavy atom. The highest BCUT2D eigenvalue weighted by Gasteiger charge is 2.12. The SMILES string of the molecule is CC(CN(C)CCOC(C)(C)C)C(=N)N. The zero-order valence-electron chi connectivity index (χ0n) is 10.6. The molecule has 0 aromatic carbocycles. The zero-order chi connectivity index (χ0) is 12.1. The van der Waals surface area contributed by atoms with Crippen LogP contribution < -0.4 is 5.73 Å². The molecular formula is C11H25N3O. The maximum Gasteiger partial charge on any atom is 0.0947 e. The molecule has 0 saturated heterocycles. The average Bonchev–Trinajstić information content (AvgIpc) is 2.01. The van der Waals surface area contributed by atoms with Crippen LogP contribution in [0.4, 0.5) is 0 Å². The molecule has 0 radical (unpaired) electrons. The second-order valence-electron chi connectivity index (χ2n) is 5.08. The van der Waals surface area contributed by atoms with E-state index in [1.165, 1.54) is 0 Å². The lowest BCUT2D eigenvalue weighted by Gasteiger charge is -2.24. The van der Waals surface area contributed by atoms with E-state index in [1.54, 1.807) is 0 Å². The van der Waals surface area contributed by atoms with Gasteiger partial charge in [-0.3, -0.25) is 5.41 Å². The van der Waals surface area contributed by atoms with Crippen LogP contribution in [0.3, 0.4) is 0 Å². The molecule has 15 heavy (non-hydrogen) atoms. The van der Waals surface area contributed by atoms with Crippen LogP contribution in [0.5, 0.6) is 0 Å². The molecule has 0 saturated carbocycles. The van der Waals surface area contributed by atoms with Crippen LogP contribution in [0.2, 0.25) is 0 Å². The van der Waals surface area contributed by atoms with Crippen molar-refractivity contribution in [2.45, 2.75) is 33.3 Å². The lowest BCUT2D eigenvalue weighted by molar-refractivity contribution is -0.0111. The van der Waals surface area contributed by atoms with Crippen molar-refractivity contribution in [2.24, 2.45) is 11.7 Å². The largest absolute Gasteiger partial charge is 0.387 e.